The average Bonchev–Trinajstić information content (AvgIpc) is 3.08. The van der Waals surface area contributed by atoms with Gasteiger partial charge in [0.2, 0.25) is 0 Å². The van der Waals surface area contributed by atoms with Gasteiger partial charge in [0.05, 0.1) is 12.2 Å². The van der Waals surface area contributed by atoms with Gasteiger partial charge in [-0.15, -0.1) is 0 Å². The van der Waals surface area contributed by atoms with Crippen molar-refractivity contribution in [1.82, 2.24) is 14.5 Å². The fraction of sp³-hybridized carbons (Fsp3) is 0.208. The molecule has 0 radical (unpaired) electrons. The lowest BCUT2D eigenvalue weighted by atomic mass is 10.0. The molecule has 0 saturated carbocycles. The molecule has 0 aliphatic rings. The molecule has 3 aromatic heterocycles. The van der Waals surface area contributed by atoms with Gasteiger partial charge in [0, 0.05) is 36.9 Å². The Labute approximate surface area is 179 Å². The summed E-state index contributed by atoms with van der Waals surface area (Å²) >= 11 is 0. The van der Waals surface area contributed by atoms with Crippen molar-refractivity contribution in [1.29, 1.82) is 0 Å². The van der Waals surface area contributed by atoms with E-state index in [1.165, 1.54) is 6.07 Å². The second-order valence-corrected chi connectivity index (χ2v) is 7.58. The van der Waals surface area contributed by atoms with E-state index in [4.69, 9.17) is 0 Å². The van der Waals surface area contributed by atoms with Crippen LogP contribution in [0.25, 0.3) is 22.2 Å². The van der Waals surface area contributed by atoms with Gasteiger partial charge in [-0.1, -0.05) is 19.1 Å². The highest BCUT2D eigenvalue weighted by molar-refractivity contribution is 5.89. The lowest BCUT2D eigenvalue weighted by molar-refractivity contribution is 0.0695. The van der Waals surface area contributed by atoms with E-state index in [1.807, 2.05) is 57.4 Å². The highest BCUT2D eigenvalue weighted by Crippen LogP contribution is 2.28. The summed E-state index contributed by atoms with van der Waals surface area (Å²) in [6, 6.07) is 15.5. The Hall–Kier alpha value is -3.87. The minimum Gasteiger partial charge on any atom is -0.477 e. The molecule has 3 heterocycles. The summed E-state index contributed by atoms with van der Waals surface area (Å²) in [6.07, 6.45) is 2.39. The van der Waals surface area contributed by atoms with E-state index in [0.717, 1.165) is 33.5 Å². The number of pyridine rings is 2. The number of aryl methyl sites for hydroxylation is 2. The molecule has 4 rings (SSSR count). The average molecular weight is 416 g/mol. The summed E-state index contributed by atoms with van der Waals surface area (Å²) in [7, 11) is 4.04. The third kappa shape index (κ3) is 3.82. The molecule has 2 N–H and O–H groups in total. The molecule has 7 heteroatoms. The Morgan fingerprint density at radius 2 is 2.00 bits per heavy atom. The quantitative estimate of drug-likeness (QED) is 0.499. The topological polar surface area (TPSA) is 91.2 Å². The molecule has 7 nitrogen and oxygen atoms in total. The van der Waals surface area contributed by atoms with Gasteiger partial charge in [-0.3, -0.25) is 4.79 Å². The third-order valence-electron chi connectivity index (χ3n) is 5.60. The molecule has 0 unspecified atom stereocenters. The molecule has 0 amide bonds. The van der Waals surface area contributed by atoms with E-state index in [-0.39, 0.29) is 5.56 Å². The van der Waals surface area contributed by atoms with Crippen LogP contribution in [0.3, 0.4) is 0 Å². The maximum Gasteiger partial charge on any atom is 0.341 e. The minimum absolute atomic E-state index is 0.235. The minimum atomic E-state index is -1.22. The number of carboxylic acids is 1. The molecule has 158 valence electrons. The number of rotatable bonds is 6. The predicted octanol–water partition coefficient (Wildman–Crippen LogP) is 3.83. The van der Waals surface area contributed by atoms with Crippen molar-refractivity contribution in [3.8, 4) is 11.3 Å². The van der Waals surface area contributed by atoms with Crippen LogP contribution in [0.2, 0.25) is 0 Å². The molecule has 0 fully saturated rings. The van der Waals surface area contributed by atoms with Gasteiger partial charge in [-0.2, -0.15) is 0 Å². The van der Waals surface area contributed by atoms with Crippen molar-refractivity contribution in [3.05, 3.63) is 81.9 Å². The summed E-state index contributed by atoms with van der Waals surface area (Å²) in [4.78, 5) is 32.8. The van der Waals surface area contributed by atoms with E-state index in [0.29, 0.717) is 18.7 Å². The SMILES string of the molecule is CCc1cc(C(=O)O)c(=O)[nH]c1-c1ccc2c(c1)cc(CN(C)c1ccccn1)n2C. The zero-order chi connectivity index (χ0) is 22.1. The number of hydrogen-bond donors (Lipinski definition) is 2. The highest BCUT2D eigenvalue weighted by atomic mass is 16.4. The van der Waals surface area contributed by atoms with E-state index in [1.54, 1.807) is 6.20 Å². The molecule has 31 heavy (non-hydrogen) atoms. The number of carboxylic acid groups (broad SMARTS) is 1. The predicted molar refractivity (Wildman–Crippen MR) is 122 cm³/mol. The summed E-state index contributed by atoms with van der Waals surface area (Å²) in [6.45, 7) is 2.64. The van der Waals surface area contributed by atoms with E-state index in [2.05, 4.69) is 25.5 Å². The molecule has 4 aromatic rings. The van der Waals surface area contributed by atoms with Crippen LogP contribution in [0.5, 0.6) is 0 Å². The third-order valence-corrected chi connectivity index (χ3v) is 5.60. The zero-order valence-corrected chi connectivity index (χ0v) is 17.7. The Bertz CT molecular complexity index is 1320. The summed E-state index contributed by atoms with van der Waals surface area (Å²) < 4.78 is 2.15. The van der Waals surface area contributed by atoms with Gasteiger partial charge in [0.25, 0.3) is 5.56 Å². The van der Waals surface area contributed by atoms with E-state index in [9.17, 15) is 14.7 Å². The maximum absolute atomic E-state index is 12.2. The number of H-pyrrole nitrogens is 1. The first-order valence-electron chi connectivity index (χ1n) is 10.1. The molecule has 0 atom stereocenters. The van der Waals surface area contributed by atoms with Crippen molar-refractivity contribution in [2.24, 2.45) is 7.05 Å². The lowest BCUT2D eigenvalue weighted by Gasteiger charge is -2.18. The number of nitrogens with zero attached hydrogens (tertiary/aromatic N) is 3. The van der Waals surface area contributed by atoms with Gasteiger partial charge in [-0.25, -0.2) is 9.78 Å². The maximum atomic E-state index is 12.2. The van der Waals surface area contributed by atoms with Crippen LogP contribution in [0.1, 0.15) is 28.5 Å². The van der Waals surface area contributed by atoms with Crippen LogP contribution in [-0.2, 0) is 20.0 Å². The lowest BCUT2D eigenvalue weighted by Crippen LogP contribution is -2.19. The number of fused-ring (bicyclic) bond motifs is 1. The summed E-state index contributed by atoms with van der Waals surface area (Å²) in [5.74, 6) is -0.320. The van der Waals surface area contributed by atoms with Crippen molar-refractivity contribution in [3.63, 3.8) is 0 Å². The number of aromatic carboxylic acids is 1. The fourth-order valence-corrected chi connectivity index (χ4v) is 3.89. The number of benzene rings is 1. The van der Waals surface area contributed by atoms with Gasteiger partial charge < -0.3 is 19.6 Å². The van der Waals surface area contributed by atoms with E-state index >= 15 is 0 Å². The van der Waals surface area contributed by atoms with Gasteiger partial charge in [0.15, 0.2) is 0 Å². The zero-order valence-electron chi connectivity index (χ0n) is 17.7. The Morgan fingerprint density at radius 1 is 1.19 bits per heavy atom. The van der Waals surface area contributed by atoms with Crippen molar-refractivity contribution < 1.29 is 9.90 Å². The summed E-state index contributed by atoms with van der Waals surface area (Å²) in [5, 5.41) is 10.3. The molecule has 0 bridgehead atoms. The number of carbonyl (C=O) groups is 1. The monoisotopic (exact) mass is 416 g/mol. The largest absolute Gasteiger partial charge is 0.477 e. The van der Waals surface area contributed by atoms with Crippen LogP contribution < -0.4 is 10.5 Å². The van der Waals surface area contributed by atoms with Crippen LogP contribution in [0, 0.1) is 0 Å². The van der Waals surface area contributed by atoms with Crippen molar-refractivity contribution in [2.45, 2.75) is 19.9 Å². The Morgan fingerprint density at radius 3 is 2.68 bits per heavy atom. The number of hydrogen-bond acceptors (Lipinski definition) is 4. The van der Waals surface area contributed by atoms with Crippen molar-refractivity contribution >= 4 is 22.7 Å². The van der Waals surface area contributed by atoms with E-state index < -0.39 is 11.5 Å². The molecule has 0 aliphatic carbocycles. The van der Waals surface area contributed by atoms with Crippen molar-refractivity contribution in [2.75, 3.05) is 11.9 Å². The van der Waals surface area contributed by atoms with Crippen LogP contribution in [0.15, 0.2) is 59.5 Å². The Balaban J connectivity index is 1.73. The molecular weight excluding hydrogens is 392 g/mol. The van der Waals surface area contributed by atoms with Gasteiger partial charge in [-0.05, 0) is 53.9 Å². The second kappa shape index (κ2) is 8.10. The van der Waals surface area contributed by atoms with Crippen LogP contribution >= 0.6 is 0 Å². The fourth-order valence-electron chi connectivity index (χ4n) is 3.89. The normalized spacial score (nSPS) is 11.1. The standard InChI is InChI=1S/C24H24N4O3/c1-4-15-13-19(24(30)31)23(29)26-22(15)16-8-9-20-17(11-16)12-18(28(20)3)14-27(2)21-7-5-6-10-25-21/h5-13H,4,14H2,1-3H3,(H,26,29)(H,30,31). The van der Waals surface area contributed by atoms with Gasteiger partial charge >= 0.3 is 5.97 Å². The first-order valence-corrected chi connectivity index (χ1v) is 10.1. The smallest absolute Gasteiger partial charge is 0.341 e. The van der Waals surface area contributed by atoms with Gasteiger partial charge in [0.1, 0.15) is 11.4 Å². The first-order chi connectivity index (χ1) is 14.9. The molecular formula is C24H24N4O3. The number of anilines is 1. The van der Waals surface area contributed by atoms with Crippen LogP contribution in [-0.4, -0.2) is 32.7 Å². The highest BCUT2D eigenvalue weighted by Gasteiger charge is 2.16. The number of nitrogens with one attached hydrogen (secondary N) is 1. The second-order valence-electron chi connectivity index (χ2n) is 7.58. The molecule has 0 aliphatic heterocycles. The molecule has 1 aromatic carbocycles. The number of aromatic nitrogens is 3. The first kappa shape index (κ1) is 20.4. The van der Waals surface area contributed by atoms with Crippen LogP contribution in [0.4, 0.5) is 5.82 Å². The number of aromatic amines is 1. The molecule has 0 saturated heterocycles. The summed E-state index contributed by atoms with van der Waals surface area (Å²) in [5.41, 5.74) is 3.69. The Kier molecular flexibility index (Phi) is 5.33. The molecule has 0 spiro atoms.